The van der Waals surface area contributed by atoms with E-state index in [4.69, 9.17) is 10.5 Å². The molecule has 0 atom stereocenters. The number of morpholine rings is 1. The minimum Gasteiger partial charge on any atom is -0.384 e. The second-order valence-corrected chi connectivity index (χ2v) is 11.1. The first-order chi connectivity index (χ1) is 17.4. The number of pyridine rings is 1. The molecule has 0 aliphatic carbocycles. The average Bonchev–Trinajstić information content (AvgIpc) is 3.19. The predicted molar refractivity (Wildman–Crippen MR) is 132 cm³/mol. The number of fused-ring (bicyclic) bond motifs is 1. The van der Waals surface area contributed by atoms with Crippen molar-refractivity contribution in [3.05, 3.63) is 29.6 Å². The quantitative estimate of drug-likeness (QED) is 0.526. The van der Waals surface area contributed by atoms with E-state index in [1.54, 1.807) is 10.7 Å². The summed E-state index contributed by atoms with van der Waals surface area (Å²) in [6.07, 6.45) is -0.688. The zero-order valence-corrected chi connectivity index (χ0v) is 21.2. The molecule has 15 heteroatoms. The van der Waals surface area contributed by atoms with Crippen molar-refractivity contribution < 1.29 is 26.3 Å². The number of aryl methyl sites for hydroxylation is 1. The van der Waals surface area contributed by atoms with Gasteiger partial charge in [0.05, 0.1) is 42.5 Å². The number of rotatable bonds is 4. The van der Waals surface area contributed by atoms with Crippen LogP contribution in [0.2, 0.25) is 0 Å². The van der Waals surface area contributed by atoms with Crippen LogP contribution in [0.4, 0.5) is 30.5 Å². The number of nitrogens with two attached hydrogens (primary N) is 1. The molecule has 0 unspecified atom stereocenters. The van der Waals surface area contributed by atoms with Gasteiger partial charge in [0.25, 0.3) is 0 Å². The first-order valence-corrected chi connectivity index (χ1v) is 13.5. The number of piperazine rings is 1. The lowest BCUT2D eigenvalue weighted by molar-refractivity contribution is -0.137. The summed E-state index contributed by atoms with van der Waals surface area (Å²) in [5, 5.41) is 4.47. The number of sulfonamides is 1. The molecule has 5 heterocycles. The van der Waals surface area contributed by atoms with Crippen LogP contribution in [-0.2, 0) is 20.9 Å². The van der Waals surface area contributed by atoms with E-state index >= 15 is 0 Å². The zero-order valence-electron chi connectivity index (χ0n) is 20.4. The molecule has 2 N–H and O–H groups in total. The van der Waals surface area contributed by atoms with Crippen LogP contribution in [0, 0.1) is 6.92 Å². The number of hydrogen-bond acceptors (Lipinski definition) is 9. The fraction of sp³-hybridized carbons (Fsp3) is 0.500. The number of alkyl halides is 3. The van der Waals surface area contributed by atoms with Crippen molar-refractivity contribution in [2.75, 3.05) is 74.3 Å². The maximum Gasteiger partial charge on any atom is 0.417 e. The van der Waals surface area contributed by atoms with Gasteiger partial charge in [-0.1, -0.05) is 0 Å². The largest absolute Gasteiger partial charge is 0.417 e. The van der Waals surface area contributed by atoms with Gasteiger partial charge < -0.3 is 20.3 Å². The van der Waals surface area contributed by atoms with Gasteiger partial charge in [-0.2, -0.15) is 17.5 Å². The summed E-state index contributed by atoms with van der Waals surface area (Å²) in [5.41, 5.74) is 6.66. The first-order valence-electron chi connectivity index (χ1n) is 11.7. The average molecular weight is 541 g/mol. The molecule has 37 heavy (non-hydrogen) atoms. The third kappa shape index (κ3) is 4.90. The van der Waals surface area contributed by atoms with E-state index in [0.717, 1.165) is 23.5 Å². The molecule has 200 valence electrons. The van der Waals surface area contributed by atoms with Gasteiger partial charge in [0, 0.05) is 51.0 Å². The smallest absolute Gasteiger partial charge is 0.384 e. The van der Waals surface area contributed by atoms with Crippen molar-refractivity contribution in [1.82, 2.24) is 23.9 Å². The number of nitrogens with zero attached hydrogens (tertiary/aromatic N) is 7. The molecule has 2 saturated heterocycles. The van der Waals surface area contributed by atoms with E-state index < -0.39 is 21.8 Å². The van der Waals surface area contributed by atoms with Crippen LogP contribution in [0.25, 0.3) is 16.9 Å². The summed E-state index contributed by atoms with van der Waals surface area (Å²) in [7, 11) is -3.29. The van der Waals surface area contributed by atoms with E-state index in [1.165, 1.54) is 10.6 Å². The van der Waals surface area contributed by atoms with Crippen LogP contribution >= 0.6 is 0 Å². The van der Waals surface area contributed by atoms with Crippen molar-refractivity contribution in [3.8, 4) is 11.4 Å². The van der Waals surface area contributed by atoms with Crippen LogP contribution < -0.4 is 15.5 Å². The standard InChI is InChI=1S/C22H27F3N8O3S/c1-14-17(30-3-5-32(6-4-30)37(2,34)35)13-33-19(14)21(31-7-9-36-10-8-31)28-20(29-33)15-12-27-18(26)11-16(15)22(23,24)25/h11-13H,3-10H2,1-2H3,(H2,26,27). The normalized spacial score (nSPS) is 18.1. The molecule has 2 fully saturated rings. The molecule has 0 saturated carbocycles. The van der Waals surface area contributed by atoms with Crippen LogP contribution in [0.5, 0.6) is 0 Å². The van der Waals surface area contributed by atoms with Gasteiger partial charge in [-0.25, -0.2) is 22.9 Å². The Kier molecular flexibility index (Phi) is 6.40. The van der Waals surface area contributed by atoms with Gasteiger partial charge in [-0.15, -0.1) is 5.10 Å². The van der Waals surface area contributed by atoms with Gasteiger partial charge >= 0.3 is 6.18 Å². The van der Waals surface area contributed by atoms with Gasteiger partial charge in [0.15, 0.2) is 11.6 Å². The molecule has 5 rings (SSSR count). The fourth-order valence-corrected chi connectivity index (χ4v) is 5.60. The highest BCUT2D eigenvalue weighted by molar-refractivity contribution is 7.88. The van der Waals surface area contributed by atoms with Gasteiger partial charge in [-0.3, -0.25) is 0 Å². The van der Waals surface area contributed by atoms with Crippen LogP contribution in [-0.4, -0.2) is 91.0 Å². The SMILES string of the molecule is Cc1c(N2CCN(S(C)(=O)=O)CC2)cn2nc(-c3cnc(N)cc3C(F)(F)F)nc(N3CCOCC3)c12. The molecular weight excluding hydrogens is 513 g/mol. The molecule has 0 amide bonds. The number of ether oxygens (including phenoxy) is 1. The maximum absolute atomic E-state index is 13.9. The van der Waals surface area contributed by atoms with Crippen molar-refractivity contribution >= 4 is 32.9 Å². The summed E-state index contributed by atoms with van der Waals surface area (Å²) in [5.74, 6) is 0.118. The minimum atomic E-state index is -4.68. The third-order valence-corrected chi connectivity index (χ3v) is 7.97. The lowest BCUT2D eigenvalue weighted by Gasteiger charge is -2.34. The lowest BCUT2D eigenvalue weighted by Crippen LogP contribution is -2.48. The predicted octanol–water partition coefficient (Wildman–Crippen LogP) is 1.62. The number of nitrogen functional groups attached to an aromatic ring is 1. The van der Waals surface area contributed by atoms with E-state index in [9.17, 15) is 21.6 Å². The van der Waals surface area contributed by atoms with Gasteiger partial charge in [-0.05, 0) is 13.0 Å². The number of halogens is 3. The highest BCUT2D eigenvalue weighted by Gasteiger charge is 2.36. The Labute approximate surface area is 211 Å². The Morgan fingerprint density at radius 3 is 2.35 bits per heavy atom. The molecular formula is C22H27F3N8O3S. The highest BCUT2D eigenvalue weighted by Crippen LogP contribution is 2.38. The Bertz CT molecular complexity index is 1430. The molecule has 0 radical (unpaired) electrons. The Morgan fingerprint density at radius 2 is 1.73 bits per heavy atom. The number of hydrogen-bond donors (Lipinski definition) is 1. The van der Waals surface area contributed by atoms with Crippen molar-refractivity contribution in [2.45, 2.75) is 13.1 Å². The summed E-state index contributed by atoms with van der Waals surface area (Å²) < 4.78 is 73.9. The summed E-state index contributed by atoms with van der Waals surface area (Å²) >= 11 is 0. The molecule has 2 aliphatic rings. The van der Waals surface area contributed by atoms with E-state index in [1.807, 2.05) is 11.8 Å². The Hall–Kier alpha value is -3.17. The van der Waals surface area contributed by atoms with Crippen molar-refractivity contribution in [3.63, 3.8) is 0 Å². The van der Waals surface area contributed by atoms with E-state index in [0.29, 0.717) is 63.8 Å². The fourth-order valence-electron chi connectivity index (χ4n) is 4.77. The van der Waals surface area contributed by atoms with Crippen LogP contribution in [0.3, 0.4) is 0 Å². The molecule has 3 aromatic rings. The number of aromatic nitrogens is 4. The van der Waals surface area contributed by atoms with E-state index in [2.05, 4.69) is 20.0 Å². The molecule has 2 aliphatic heterocycles. The third-order valence-electron chi connectivity index (χ3n) is 6.67. The molecule has 0 spiro atoms. The lowest BCUT2D eigenvalue weighted by atomic mass is 10.1. The summed E-state index contributed by atoms with van der Waals surface area (Å²) in [6.45, 7) is 5.48. The maximum atomic E-state index is 13.9. The molecule has 3 aromatic heterocycles. The molecule has 0 bridgehead atoms. The molecule has 11 nitrogen and oxygen atoms in total. The highest BCUT2D eigenvalue weighted by atomic mass is 32.2. The zero-order chi connectivity index (χ0) is 26.5. The van der Waals surface area contributed by atoms with Gasteiger partial charge in [0.1, 0.15) is 11.3 Å². The Morgan fingerprint density at radius 1 is 1.05 bits per heavy atom. The first kappa shape index (κ1) is 25.5. The van der Waals surface area contributed by atoms with Crippen molar-refractivity contribution in [1.29, 1.82) is 0 Å². The van der Waals surface area contributed by atoms with Gasteiger partial charge in [0.2, 0.25) is 10.0 Å². The second kappa shape index (κ2) is 9.29. The summed E-state index contributed by atoms with van der Waals surface area (Å²) in [6, 6.07) is 0.783. The van der Waals surface area contributed by atoms with Crippen LogP contribution in [0.15, 0.2) is 18.5 Å². The summed E-state index contributed by atoms with van der Waals surface area (Å²) in [4.78, 5) is 12.5. The number of anilines is 3. The minimum absolute atomic E-state index is 0.128. The van der Waals surface area contributed by atoms with Crippen molar-refractivity contribution in [2.24, 2.45) is 0 Å². The second-order valence-electron chi connectivity index (χ2n) is 9.09. The van der Waals surface area contributed by atoms with Crippen LogP contribution in [0.1, 0.15) is 11.1 Å². The monoisotopic (exact) mass is 540 g/mol. The Balaban J connectivity index is 1.64. The topological polar surface area (TPSA) is 122 Å². The van der Waals surface area contributed by atoms with E-state index in [-0.39, 0.29) is 17.2 Å². The molecule has 0 aromatic carbocycles.